The van der Waals surface area contributed by atoms with Gasteiger partial charge in [-0.3, -0.25) is 9.69 Å². The molecule has 6 heteroatoms. The van der Waals surface area contributed by atoms with Crippen molar-refractivity contribution in [2.45, 2.75) is 13.0 Å². The molecule has 0 amide bonds. The molecule has 4 aromatic rings. The number of halogens is 2. The standard InChI is InChI=1S/C26H21F2NO3/c27-21-10-18(13-29-14-20(15-29)26(30)31)11-22(28)25(21)24-12-19-9-17(6-7-23(19)32-24)8-16-4-2-1-3-5-16/h1-7,9-12,20H,8,13-15H2,(H,30,31). The van der Waals surface area contributed by atoms with Crippen LogP contribution in [0.25, 0.3) is 22.3 Å². The topological polar surface area (TPSA) is 53.7 Å². The highest BCUT2D eigenvalue weighted by atomic mass is 19.1. The normalized spacial score (nSPS) is 14.6. The number of hydrogen-bond acceptors (Lipinski definition) is 3. The first kappa shape index (κ1) is 20.4. The Morgan fingerprint density at radius 1 is 0.938 bits per heavy atom. The van der Waals surface area contributed by atoms with Crippen LogP contribution >= 0.6 is 0 Å². The average molecular weight is 433 g/mol. The average Bonchev–Trinajstić information content (AvgIpc) is 3.13. The van der Waals surface area contributed by atoms with E-state index in [1.54, 1.807) is 6.07 Å². The minimum absolute atomic E-state index is 0.147. The Labute approximate surface area is 183 Å². The van der Waals surface area contributed by atoms with Gasteiger partial charge in [-0.2, -0.15) is 0 Å². The lowest BCUT2D eigenvalue weighted by Gasteiger charge is -2.36. The third-order valence-electron chi connectivity index (χ3n) is 5.89. The fraction of sp³-hybridized carbons (Fsp3) is 0.192. The summed E-state index contributed by atoms with van der Waals surface area (Å²) in [5, 5.41) is 9.75. The summed E-state index contributed by atoms with van der Waals surface area (Å²) in [5.41, 5.74) is 3.11. The van der Waals surface area contributed by atoms with E-state index in [0.717, 1.165) is 17.4 Å². The molecule has 1 saturated heterocycles. The second-order valence-corrected chi connectivity index (χ2v) is 8.31. The summed E-state index contributed by atoms with van der Waals surface area (Å²) in [4.78, 5) is 12.8. The van der Waals surface area contributed by atoms with Crippen molar-refractivity contribution in [1.29, 1.82) is 0 Å². The maximum Gasteiger partial charge on any atom is 0.309 e. The maximum atomic E-state index is 14.9. The predicted octanol–water partition coefficient (Wildman–Crippen LogP) is 5.49. The number of fused-ring (bicyclic) bond motifs is 1. The van der Waals surface area contributed by atoms with Crippen molar-refractivity contribution in [3.8, 4) is 11.3 Å². The number of aliphatic carboxylic acids is 1. The van der Waals surface area contributed by atoms with E-state index < -0.39 is 23.5 Å². The van der Waals surface area contributed by atoms with Crippen LogP contribution in [0.3, 0.4) is 0 Å². The minimum atomic E-state index is -0.842. The Morgan fingerprint density at radius 3 is 2.34 bits per heavy atom. The molecule has 0 radical (unpaired) electrons. The van der Waals surface area contributed by atoms with Crippen molar-refractivity contribution in [1.82, 2.24) is 4.90 Å². The van der Waals surface area contributed by atoms with Gasteiger partial charge in [-0.25, -0.2) is 8.78 Å². The Kier molecular flexibility index (Phi) is 5.23. The molecule has 1 aliphatic rings. The summed E-state index contributed by atoms with van der Waals surface area (Å²) in [5.74, 6) is -2.50. The lowest BCUT2D eigenvalue weighted by Crippen LogP contribution is -2.49. The number of furan rings is 1. The van der Waals surface area contributed by atoms with E-state index in [2.05, 4.69) is 12.1 Å². The zero-order valence-corrected chi connectivity index (χ0v) is 17.2. The largest absolute Gasteiger partial charge is 0.481 e. The zero-order chi connectivity index (χ0) is 22.2. The van der Waals surface area contributed by atoms with Crippen LogP contribution < -0.4 is 0 Å². The SMILES string of the molecule is O=C(O)C1CN(Cc2cc(F)c(-c3cc4cc(Cc5ccccc5)ccc4o3)c(F)c2)C1. The van der Waals surface area contributed by atoms with E-state index in [1.807, 2.05) is 41.3 Å². The Bertz CT molecular complexity index is 1270. The second-order valence-electron chi connectivity index (χ2n) is 8.31. The van der Waals surface area contributed by atoms with E-state index in [0.29, 0.717) is 30.8 Å². The fourth-order valence-corrected chi connectivity index (χ4v) is 4.22. The Morgan fingerprint density at radius 2 is 1.66 bits per heavy atom. The molecule has 5 rings (SSSR count). The van der Waals surface area contributed by atoms with Crippen LogP contribution in [0.15, 0.2) is 71.1 Å². The highest BCUT2D eigenvalue weighted by molar-refractivity contribution is 5.83. The van der Waals surface area contributed by atoms with Gasteiger partial charge >= 0.3 is 5.97 Å². The fourth-order valence-electron chi connectivity index (χ4n) is 4.22. The third kappa shape index (κ3) is 4.01. The van der Waals surface area contributed by atoms with Crippen LogP contribution in [-0.4, -0.2) is 29.1 Å². The van der Waals surface area contributed by atoms with Crippen LogP contribution in [0.4, 0.5) is 8.78 Å². The lowest BCUT2D eigenvalue weighted by atomic mass is 9.99. The molecule has 0 aliphatic carbocycles. The molecule has 0 unspecified atom stereocenters. The van der Waals surface area contributed by atoms with Gasteiger partial charge in [0.05, 0.1) is 11.5 Å². The van der Waals surface area contributed by atoms with E-state index >= 15 is 0 Å². The molecular weight excluding hydrogens is 412 g/mol. The molecule has 0 atom stereocenters. The number of carboxylic acids is 1. The molecule has 2 heterocycles. The van der Waals surface area contributed by atoms with Gasteiger partial charge in [0.15, 0.2) is 0 Å². The molecule has 0 spiro atoms. The highest BCUT2D eigenvalue weighted by Gasteiger charge is 2.32. The van der Waals surface area contributed by atoms with Crippen LogP contribution in [0.2, 0.25) is 0 Å². The molecule has 0 saturated carbocycles. The van der Waals surface area contributed by atoms with Gasteiger partial charge in [0, 0.05) is 25.0 Å². The van der Waals surface area contributed by atoms with E-state index in [-0.39, 0.29) is 11.3 Å². The number of carboxylic acid groups (broad SMARTS) is 1. The van der Waals surface area contributed by atoms with Gasteiger partial charge < -0.3 is 9.52 Å². The van der Waals surface area contributed by atoms with Crippen molar-refractivity contribution in [3.05, 3.63) is 95.1 Å². The number of nitrogens with zero attached hydrogens (tertiary/aromatic N) is 1. The number of likely N-dealkylation sites (tertiary alicyclic amines) is 1. The molecule has 3 aromatic carbocycles. The Hall–Kier alpha value is -3.51. The highest BCUT2D eigenvalue weighted by Crippen LogP contribution is 2.33. The van der Waals surface area contributed by atoms with Gasteiger partial charge in [0.1, 0.15) is 23.0 Å². The number of carbonyl (C=O) groups is 1. The smallest absolute Gasteiger partial charge is 0.309 e. The van der Waals surface area contributed by atoms with Gasteiger partial charge in [-0.05, 0) is 53.4 Å². The molecule has 4 nitrogen and oxygen atoms in total. The van der Waals surface area contributed by atoms with Gasteiger partial charge in [-0.1, -0.05) is 36.4 Å². The molecule has 162 valence electrons. The first-order valence-corrected chi connectivity index (χ1v) is 10.5. The van der Waals surface area contributed by atoms with Gasteiger partial charge in [-0.15, -0.1) is 0 Å². The van der Waals surface area contributed by atoms with Crippen molar-refractivity contribution in [2.75, 3.05) is 13.1 Å². The van der Waals surface area contributed by atoms with Crippen molar-refractivity contribution >= 4 is 16.9 Å². The maximum absolute atomic E-state index is 14.9. The van der Waals surface area contributed by atoms with Crippen LogP contribution in [0.1, 0.15) is 16.7 Å². The monoisotopic (exact) mass is 433 g/mol. The van der Waals surface area contributed by atoms with Crippen LogP contribution in [-0.2, 0) is 17.8 Å². The van der Waals surface area contributed by atoms with Crippen molar-refractivity contribution in [2.24, 2.45) is 5.92 Å². The third-order valence-corrected chi connectivity index (χ3v) is 5.89. The van der Waals surface area contributed by atoms with E-state index in [9.17, 15) is 13.6 Å². The molecule has 1 aliphatic heterocycles. The quantitative estimate of drug-likeness (QED) is 0.437. The van der Waals surface area contributed by atoms with Crippen molar-refractivity contribution in [3.63, 3.8) is 0 Å². The number of rotatable bonds is 6. The molecule has 0 bridgehead atoms. The summed E-state index contributed by atoms with van der Waals surface area (Å²) in [7, 11) is 0. The zero-order valence-electron chi connectivity index (χ0n) is 17.2. The minimum Gasteiger partial charge on any atom is -0.481 e. The van der Waals surface area contributed by atoms with Crippen LogP contribution in [0.5, 0.6) is 0 Å². The summed E-state index contributed by atoms with van der Waals surface area (Å²) < 4.78 is 35.5. The van der Waals surface area contributed by atoms with E-state index in [1.165, 1.54) is 17.7 Å². The first-order valence-electron chi connectivity index (χ1n) is 10.5. The van der Waals surface area contributed by atoms with E-state index in [4.69, 9.17) is 9.52 Å². The first-order chi connectivity index (χ1) is 15.5. The summed E-state index contributed by atoms with van der Waals surface area (Å²) >= 11 is 0. The second kappa shape index (κ2) is 8.20. The van der Waals surface area contributed by atoms with Crippen molar-refractivity contribution < 1.29 is 23.1 Å². The van der Waals surface area contributed by atoms with Gasteiger partial charge in [0.2, 0.25) is 0 Å². The number of benzene rings is 3. The lowest BCUT2D eigenvalue weighted by molar-refractivity contribution is -0.147. The number of hydrogen-bond donors (Lipinski definition) is 1. The predicted molar refractivity (Wildman–Crippen MR) is 117 cm³/mol. The molecular formula is C26H21F2NO3. The Balaban J connectivity index is 1.38. The summed E-state index contributed by atoms with van der Waals surface area (Å²) in [6.45, 7) is 1.07. The molecule has 32 heavy (non-hydrogen) atoms. The molecule has 1 fully saturated rings. The summed E-state index contributed by atoms with van der Waals surface area (Å²) in [6.07, 6.45) is 0.758. The van der Waals surface area contributed by atoms with Gasteiger partial charge in [0.25, 0.3) is 0 Å². The van der Waals surface area contributed by atoms with Crippen LogP contribution in [0, 0.1) is 17.6 Å². The molecule has 1 N–H and O–H groups in total. The summed E-state index contributed by atoms with van der Waals surface area (Å²) in [6, 6.07) is 20.1. The molecule has 1 aromatic heterocycles.